The minimum Gasteiger partial charge on any atom is -0.478 e. The van der Waals surface area contributed by atoms with Gasteiger partial charge in [-0.15, -0.1) is 0 Å². The van der Waals surface area contributed by atoms with Crippen LogP contribution >= 0.6 is 0 Å². The molecule has 1 aromatic carbocycles. The third-order valence-electron chi connectivity index (χ3n) is 2.93. The van der Waals surface area contributed by atoms with Crippen LogP contribution in [0.25, 0.3) is 5.69 Å². The van der Waals surface area contributed by atoms with Crippen LogP contribution in [0.4, 0.5) is 0 Å². The Kier molecular flexibility index (Phi) is 2.90. The topological polar surface area (TPSA) is 66.0 Å². The van der Waals surface area contributed by atoms with Gasteiger partial charge in [-0.2, -0.15) is 5.26 Å². The molecule has 0 aliphatic rings. The van der Waals surface area contributed by atoms with E-state index < -0.39 is 5.97 Å². The van der Waals surface area contributed by atoms with E-state index in [9.17, 15) is 4.79 Å². The summed E-state index contributed by atoms with van der Waals surface area (Å²) in [7, 11) is 0. The molecule has 0 spiro atoms. The molecule has 0 fully saturated rings. The van der Waals surface area contributed by atoms with Crippen molar-refractivity contribution in [3.05, 3.63) is 52.8 Å². The van der Waals surface area contributed by atoms with Gasteiger partial charge in [-0.25, -0.2) is 4.79 Å². The SMILES string of the molecule is Cc1cc(C(=O)O)c(C)n1-c1ccccc1C#N. The lowest BCUT2D eigenvalue weighted by molar-refractivity contribution is 0.0696. The molecule has 0 saturated carbocycles. The third-order valence-corrected chi connectivity index (χ3v) is 2.93. The second-order valence-corrected chi connectivity index (χ2v) is 4.05. The summed E-state index contributed by atoms with van der Waals surface area (Å²) < 4.78 is 1.79. The maximum atomic E-state index is 11.1. The molecule has 0 radical (unpaired) electrons. The van der Waals surface area contributed by atoms with Crippen molar-refractivity contribution in [2.75, 3.05) is 0 Å². The van der Waals surface area contributed by atoms with Crippen LogP contribution in [0.15, 0.2) is 30.3 Å². The number of aromatic carboxylic acids is 1. The minimum absolute atomic E-state index is 0.264. The second kappa shape index (κ2) is 4.38. The molecule has 18 heavy (non-hydrogen) atoms. The Labute approximate surface area is 105 Å². The predicted octanol–water partition coefficient (Wildman–Crippen LogP) is 2.66. The zero-order valence-corrected chi connectivity index (χ0v) is 10.1. The molecule has 1 heterocycles. The summed E-state index contributed by atoms with van der Waals surface area (Å²) in [4.78, 5) is 11.1. The number of carbonyl (C=O) groups is 1. The molecule has 90 valence electrons. The maximum Gasteiger partial charge on any atom is 0.337 e. The van der Waals surface area contributed by atoms with Gasteiger partial charge in [-0.3, -0.25) is 0 Å². The van der Waals surface area contributed by atoms with E-state index in [1.165, 1.54) is 0 Å². The van der Waals surface area contributed by atoms with Gasteiger partial charge < -0.3 is 9.67 Å². The van der Waals surface area contributed by atoms with E-state index in [1.54, 1.807) is 29.7 Å². The van der Waals surface area contributed by atoms with Crippen LogP contribution in [0.3, 0.4) is 0 Å². The molecule has 2 aromatic rings. The molecular weight excluding hydrogens is 228 g/mol. The molecule has 1 aromatic heterocycles. The number of para-hydroxylation sites is 1. The molecular formula is C14H12N2O2. The van der Waals surface area contributed by atoms with E-state index in [0.717, 1.165) is 5.69 Å². The van der Waals surface area contributed by atoms with E-state index in [0.29, 0.717) is 16.9 Å². The van der Waals surface area contributed by atoms with Crippen LogP contribution in [-0.2, 0) is 0 Å². The van der Waals surface area contributed by atoms with Crippen LogP contribution in [0, 0.1) is 25.2 Å². The first-order valence-corrected chi connectivity index (χ1v) is 5.48. The number of carboxylic acid groups (broad SMARTS) is 1. The Morgan fingerprint density at radius 1 is 1.33 bits per heavy atom. The highest BCUT2D eigenvalue weighted by molar-refractivity contribution is 5.89. The summed E-state index contributed by atoms with van der Waals surface area (Å²) in [5, 5.41) is 18.2. The summed E-state index contributed by atoms with van der Waals surface area (Å²) in [6.07, 6.45) is 0. The van der Waals surface area contributed by atoms with Gasteiger partial charge in [0.25, 0.3) is 0 Å². The van der Waals surface area contributed by atoms with Gasteiger partial charge in [0, 0.05) is 11.4 Å². The molecule has 0 amide bonds. The van der Waals surface area contributed by atoms with Gasteiger partial charge in [0.15, 0.2) is 0 Å². The monoisotopic (exact) mass is 240 g/mol. The summed E-state index contributed by atoms with van der Waals surface area (Å²) in [6, 6.07) is 10.9. The normalized spacial score (nSPS) is 10.1. The van der Waals surface area contributed by atoms with Crippen LogP contribution in [0.1, 0.15) is 27.3 Å². The molecule has 0 unspecified atom stereocenters. The van der Waals surface area contributed by atoms with Crippen molar-refractivity contribution in [1.82, 2.24) is 4.57 Å². The molecule has 0 saturated heterocycles. The zero-order chi connectivity index (χ0) is 13.3. The van der Waals surface area contributed by atoms with Crippen molar-refractivity contribution in [2.24, 2.45) is 0 Å². The van der Waals surface area contributed by atoms with E-state index in [2.05, 4.69) is 6.07 Å². The Balaban J connectivity index is 2.73. The molecule has 1 N–H and O–H groups in total. The number of aromatic nitrogens is 1. The van der Waals surface area contributed by atoms with Crippen LogP contribution in [0.2, 0.25) is 0 Å². The van der Waals surface area contributed by atoms with E-state index in [1.807, 2.05) is 19.1 Å². The van der Waals surface area contributed by atoms with Crippen molar-refractivity contribution < 1.29 is 9.90 Å². The van der Waals surface area contributed by atoms with E-state index >= 15 is 0 Å². The standard InChI is InChI=1S/C14H12N2O2/c1-9-7-12(14(17)18)10(2)16(9)13-6-4-3-5-11(13)8-15/h3-7H,1-2H3,(H,17,18). The van der Waals surface area contributed by atoms with Crippen molar-refractivity contribution in [1.29, 1.82) is 5.26 Å². The van der Waals surface area contributed by atoms with Gasteiger partial charge >= 0.3 is 5.97 Å². The molecule has 0 aliphatic heterocycles. The second-order valence-electron chi connectivity index (χ2n) is 4.05. The van der Waals surface area contributed by atoms with Gasteiger partial charge in [0.05, 0.1) is 16.8 Å². The number of benzene rings is 1. The lowest BCUT2D eigenvalue weighted by atomic mass is 10.2. The Morgan fingerprint density at radius 3 is 2.56 bits per heavy atom. The van der Waals surface area contributed by atoms with E-state index in [4.69, 9.17) is 10.4 Å². The largest absolute Gasteiger partial charge is 0.478 e. The van der Waals surface area contributed by atoms with Gasteiger partial charge in [0.2, 0.25) is 0 Å². The number of hydrogen-bond acceptors (Lipinski definition) is 2. The highest BCUT2D eigenvalue weighted by Crippen LogP contribution is 2.23. The summed E-state index contributed by atoms with van der Waals surface area (Å²) in [5.41, 5.74) is 2.93. The fourth-order valence-corrected chi connectivity index (χ4v) is 2.11. The smallest absolute Gasteiger partial charge is 0.337 e. The average molecular weight is 240 g/mol. The first kappa shape index (κ1) is 11.9. The highest BCUT2D eigenvalue weighted by atomic mass is 16.4. The Hall–Kier alpha value is -2.54. The number of rotatable bonds is 2. The quantitative estimate of drug-likeness (QED) is 0.877. The fourth-order valence-electron chi connectivity index (χ4n) is 2.11. The van der Waals surface area contributed by atoms with Crippen LogP contribution in [-0.4, -0.2) is 15.6 Å². The lowest BCUT2D eigenvalue weighted by Gasteiger charge is -2.10. The number of hydrogen-bond donors (Lipinski definition) is 1. The number of nitrogens with zero attached hydrogens (tertiary/aromatic N) is 2. The lowest BCUT2D eigenvalue weighted by Crippen LogP contribution is -2.04. The molecule has 0 aliphatic carbocycles. The van der Waals surface area contributed by atoms with Crippen molar-refractivity contribution in [2.45, 2.75) is 13.8 Å². The Bertz CT molecular complexity index is 663. The zero-order valence-electron chi connectivity index (χ0n) is 10.1. The van der Waals surface area contributed by atoms with E-state index in [-0.39, 0.29) is 5.56 Å². The first-order valence-electron chi connectivity index (χ1n) is 5.48. The first-order chi connectivity index (χ1) is 8.56. The highest BCUT2D eigenvalue weighted by Gasteiger charge is 2.16. The predicted molar refractivity (Wildman–Crippen MR) is 66.9 cm³/mol. The molecule has 0 atom stereocenters. The minimum atomic E-state index is -0.955. The van der Waals surface area contributed by atoms with Gasteiger partial charge in [0.1, 0.15) is 6.07 Å². The number of carboxylic acids is 1. The van der Waals surface area contributed by atoms with Gasteiger partial charge in [-0.05, 0) is 32.0 Å². The molecule has 2 rings (SSSR count). The fraction of sp³-hybridized carbons (Fsp3) is 0.143. The average Bonchev–Trinajstić information content (AvgIpc) is 2.65. The molecule has 0 bridgehead atoms. The summed E-state index contributed by atoms with van der Waals surface area (Å²) in [5.74, 6) is -0.955. The third kappa shape index (κ3) is 1.76. The van der Waals surface area contributed by atoms with Crippen molar-refractivity contribution >= 4 is 5.97 Å². The molecule has 4 heteroatoms. The summed E-state index contributed by atoms with van der Waals surface area (Å²) in [6.45, 7) is 3.57. The Morgan fingerprint density at radius 2 is 2.00 bits per heavy atom. The van der Waals surface area contributed by atoms with Crippen molar-refractivity contribution in [3.63, 3.8) is 0 Å². The van der Waals surface area contributed by atoms with Crippen molar-refractivity contribution in [3.8, 4) is 11.8 Å². The number of nitriles is 1. The maximum absolute atomic E-state index is 11.1. The van der Waals surface area contributed by atoms with Crippen LogP contribution in [0.5, 0.6) is 0 Å². The molecule has 4 nitrogen and oxygen atoms in total. The van der Waals surface area contributed by atoms with Crippen LogP contribution < -0.4 is 0 Å². The van der Waals surface area contributed by atoms with Gasteiger partial charge in [-0.1, -0.05) is 12.1 Å². The number of aryl methyl sites for hydroxylation is 1. The summed E-state index contributed by atoms with van der Waals surface area (Å²) >= 11 is 0.